The normalized spacial score (nSPS) is 16.6. The van der Waals surface area contributed by atoms with E-state index in [1.54, 1.807) is 23.3 Å². The molecule has 3 aromatic rings. The van der Waals surface area contributed by atoms with Crippen LogP contribution in [0.2, 0.25) is 0 Å². The molecular weight excluding hydrogens is 342 g/mol. The third-order valence-electron chi connectivity index (χ3n) is 4.73. The van der Waals surface area contributed by atoms with E-state index in [0.29, 0.717) is 31.1 Å². The highest BCUT2D eigenvalue weighted by Crippen LogP contribution is 2.20. The second-order valence-corrected chi connectivity index (χ2v) is 6.54. The highest BCUT2D eigenvalue weighted by Gasteiger charge is 2.29. The third-order valence-corrected chi connectivity index (χ3v) is 4.73. The van der Waals surface area contributed by atoms with Gasteiger partial charge in [0.2, 0.25) is 0 Å². The van der Waals surface area contributed by atoms with E-state index in [2.05, 4.69) is 15.1 Å². The first-order valence-electron chi connectivity index (χ1n) is 8.99. The predicted molar refractivity (Wildman–Crippen MR) is 99.4 cm³/mol. The van der Waals surface area contributed by atoms with Crippen molar-refractivity contribution in [1.29, 1.82) is 0 Å². The van der Waals surface area contributed by atoms with Gasteiger partial charge in [-0.05, 0) is 37.6 Å². The van der Waals surface area contributed by atoms with Crippen molar-refractivity contribution in [2.24, 2.45) is 0 Å². The van der Waals surface area contributed by atoms with Crippen LogP contribution >= 0.6 is 0 Å². The molecule has 0 saturated carbocycles. The molecule has 1 fully saturated rings. The summed E-state index contributed by atoms with van der Waals surface area (Å²) >= 11 is 0. The molecule has 4 rings (SSSR count). The van der Waals surface area contributed by atoms with E-state index in [9.17, 15) is 4.79 Å². The fourth-order valence-electron chi connectivity index (χ4n) is 3.24. The monoisotopic (exact) mass is 363 g/mol. The fourth-order valence-corrected chi connectivity index (χ4v) is 3.24. The molecule has 0 N–H and O–H groups in total. The van der Waals surface area contributed by atoms with Gasteiger partial charge >= 0.3 is 0 Å². The second-order valence-electron chi connectivity index (χ2n) is 6.54. The molecule has 0 radical (unpaired) electrons. The smallest absolute Gasteiger partial charge is 0.257 e. The van der Waals surface area contributed by atoms with Crippen molar-refractivity contribution in [3.05, 3.63) is 71.9 Å². The van der Waals surface area contributed by atoms with Crippen molar-refractivity contribution < 1.29 is 9.53 Å². The maximum Gasteiger partial charge on any atom is 0.257 e. The molecule has 0 bridgehead atoms. The zero-order chi connectivity index (χ0) is 18.6. The van der Waals surface area contributed by atoms with Crippen molar-refractivity contribution >= 4 is 5.91 Å². The van der Waals surface area contributed by atoms with Gasteiger partial charge in [-0.1, -0.05) is 12.1 Å². The lowest BCUT2D eigenvalue weighted by molar-refractivity contribution is 0.0422. The Morgan fingerprint density at radius 1 is 1.19 bits per heavy atom. The zero-order valence-electron chi connectivity index (χ0n) is 15.2. The Morgan fingerprint density at radius 3 is 2.74 bits per heavy atom. The zero-order valence-corrected chi connectivity index (χ0v) is 15.2. The van der Waals surface area contributed by atoms with Gasteiger partial charge in [0.05, 0.1) is 35.9 Å². The molecule has 7 heteroatoms. The summed E-state index contributed by atoms with van der Waals surface area (Å²) in [6.07, 6.45) is 5.94. The Hall–Kier alpha value is -3.06. The Kier molecular flexibility index (Phi) is 4.93. The van der Waals surface area contributed by atoms with Crippen molar-refractivity contribution in [2.45, 2.75) is 26.1 Å². The first-order chi connectivity index (χ1) is 13.2. The second kappa shape index (κ2) is 7.67. The van der Waals surface area contributed by atoms with Crippen LogP contribution < -0.4 is 0 Å². The Morgan fingerprint density at radius 2 is 2.00 bits per heavy atom. The lowest BCUT2D eigenvalue weighted by Gasteiger charge is -2.16. The molecule has 3 aromatic heterocycles. The van der Waals surface area contributed by atoms with Gasteiger partial charge in [-0.25, -0.2) is 9.67 Å². The minimum absolute atomic E-state index is 0.0152. The molecule has 27 heavy (non-hydrogen) atoms. The average molecular weight is 363 g/mol. The van der Waals surface area contributed by atoms with Gasteiger partial charge in [0.15, 0.2) is 5.82 Å². The lowest BCUT2D eigenvalue weighted by atomic mass is 10.2. The van der Waals surface area contributed by atoms with Crippen molar-refractivity contribution in [3.63, 3.8) is 0 Å². The predicted octanol–water partition coefficient (Wildman–Crippen LogP) is 2.40. The number of aromatic nitrogens is 4. The molecule has 0 spiro atoms. The van der Waals surface area contributed by atoms with Crippen LogP contribution in [0.15, 0.2) is 55.0 Å². The van der Waals surface area contributed by atoms with Crippen LogP contribution in [0.3, 0.4) is 0 Å². The average Bonchev–Trinajstić information content (AvgIpc) is 3.34. The maximum absolute atomic E-state index is 12.9. The number of carbonyl (C=O) groups excluding carboxylic acids is 1. The summed E-state index contributed by atoms with van der Waals surface area (Å²) in [6, 6.07) is 11.4. The largest absolute Gasteiger partial charge is 0.370 e. The van der Waals surface area contributed by atoms with Crippen LogP contribution in [0, 0.1) is 6.92 Å². The molecule has 0 unspecified atom stereocenters. The van der Waals surface area contributed by atoms with Crippen LogP contribution in [0.1, 0.15) is 28.2 Å². The molecule has 1 amide bonds. The van der Waals surface area contributed by atoms with Crippen LogP contribution in [-0.4, -0.2) is 49.7 Å². The van der Waals surface area contributed by atoms with Gasteiger partial charge in [0.25, 0.3) is 5.91 Å². The van der Waals surface area contributed by atoms with E-state index in [0.717, 1.165) is 17.8 Å². The van der Waals surface area contributed by atoms with Crippen LogP contribution in [-0.2, 0) is 11.3 Å². The van der Waals surface area contributed by atoms with Gasteiger partial charge in [0.1, 0.15) is 0 Å². The number of hydrogen-bond donors (Lipinski definition) is 0. The number of amides is 1. The minimum atomic E-state index is -0.0152. The first kappa shape index (κ1) is 17.4. The molecule has 138 valence electrons. The van der Waals surface area contributed by atoms with E-state index in [1.807, 2.05) is 48.2 Å². The molecule has 1 saturated heterocycles. The number of hydrogen-bond acceptors (Lipinski definition) is 5. The number of rotatable bonds is 5. The number of pyridine rings is 2. The summed E-state index contributed by atoms with van der Waals surface area (Å²) in [7, 11) is 0. The minimum Gasteiger partial charge on any atom is -0.370 e. The van der Waals surface area contributed by atoms with Gasteiger partial charge in [-0.15, -0.1) is 0 Å². The van der Waals surface area contributed by atoms with Crippen molar-refractivity contribution in [1.82, 2.24) is 24.6 Å². The Balaban J connectivity index is 1.40. The highest BCUT2D eigenvalue weighted by molar-refractivity contribution is 5.95. The van der Waals surface area contributed by atoms with Crippen LogP contribution in [0.5, 0.6) is 0 Å². The quantitative estimate of drug-likeness (QED) is 0.696. The summed E-state index contributed by atoms with van der Waals surface area (Å²) in [6.45, 7) is 3.62. The molecule has 1 aliphatic heterocycles. The summed E-state index contributed by atoms with van der Waals surface area (Å²) < 4.78 is 7.62. The molecule has 1 atom stereocenters. The van der Waals surface area contributed by atoms with Gasteiger partial charge in [0, 0.05) is 25.5 Å². The van der Waals surface area contributed by atoms with E-state index >= 15 is 0 Å². The number of ether oxygens (including phenoxy) is 1. The van der Waals surface area contributed by atoms with E-state index in [1.165, 1.54) is 0 Å². The van der Waals surface area contributed by atoms with Crippen molar-refractivity contribution in [3.8, 4) is 5.82 Å². The Bertz CT molecular complexity index is 911. The number of nitrogens with zero attached hydrogens (tertiary/aromatic N) is 5. The van der Waals surface area contributed by atoms with E-state index in [4.69, 9.17) is 4.74 Å². The van der Waals surface area contributed by atoms with Crippen molar-refractivity contribution in [2.75, 3.05) is 13.1 Å². The summed E-state index contributed by atoms with van der Waals surface area (Å²) in [5, 5.41) is 4.34. The first-order valence-corrected chi connectivity index (χ1v) is 8.99. The fraction of sp³-hybridized carbons (Fsp3) is 0.300. The topological polar surface area (TPSA) is 73.1 Å². The summed E-state index contributed by atoms with van der Waals surface area (Å²) in [4.78, 5) is 23.3. The van der Waals surface area contributed by atoms with Gasteiger partial charge in [-0.2, -0.15) is 5.10 Å². The molecule has 1 aliphatic rings. The molecule has 7 nitrogen and oxygen atoms in total. The van der Waals surface area contributed by atoms with E-state index < -0.39 is 0 Å². The van der Waals surface area contributed by atoms with Gasteiger partial charge < -0.3 is 9.64 Å². The lowest BCUT2D eigenvalue weighted by Crippen LogP contribution is -2.30. The molecule has 0 aromatic carbocycles. The molecular formula is C20H21N5O2. The SMILES string of the molecule is Cc1c(C(=O)N2CC[C@H](OCc3ccccn3)C2)cnn1-c1ccccn1. The molecule has 0 aliphatic carbocycles. The van der Waals surface area contributed by atoms with E-state index in [-0.39, 0.29) is 12.0 Å². The highest BCUT2D eigenvalue weighted by atomic mass is 16.5. The third kappa shape index (κ3) is 3.73. The Labute approximate surface area is 157 Å². The van der Waals surface area contributed by atoms with Crippen LogP contribution in [0.4, 0.5) is 0 Å². The number of likely N-dealkylation sites (tertiary alicyclic amines) is 1. The molecule has 4 heterocycles. The van der Waals surface area contributed by atoms with Crippen LogP contribution in [0.25, 0.3) is 5.82 Å². The number of carbonyl (C=O) groups is 1. The maximum atomic E-state index is 12.9. The van der Waals surface area contributed by atoms with Gasteiger partial charge in [-0.3, -0.25) is 9.78 Å². The summed E-state index contributed by atoms with van der Waals surface area (Å²) in [5.74, 6) is 0.686. The summed E-state index contributed by atoms with van der Waals surface area (Å²) in [5.41, 5.74) is 2.29. The standard InChI is InChI=1S/C20H21N5O2/c1-15-18(12-23-25(15)19-7-3-5-10-22-19)20(26)24-11-8-17(13-24)27-14-16-6-2-4-9-21-16/h2-7,9-10,12,17H,8,11,13-14H2,1H3/t17-/m0/s1.